The lowest BCUT2D eigenvalue weighted by atomic mass is 10.3. The van der Waals surface area contributed by atoms with Crippen LogP contribution in [-0.4, -0.2) is 16.8 Å². The minimum Gasteiger partial charge on any atom is -0.399 e. The number of nitrogen functional groups attached to an aromatic ring is 1. The summed E-state index contributed by atoms with van der Waals surface area (Å²) in [6.45, 7) is 0. The van der Waals surface area contributed by atoms with Crippen molar-refractivity contribution in [3.05, 3.63) is 36.4 Å². The molecule has 5 heteroatoms. The third-order valence-corrected chi connectivity index (χ3v) is 1.96. The standard InChI is InChI=1S/C10H9N3O2/c11-7-1-3-8(4-2-7)12-13-9(14)5-6-10(13)15/h1-6,12H,11H2. The molecule has 0 aromatic heterocycles. The van der Waals surface area contributed by atoms with E-state index in [1.807, 2.05) is 0 Å². The Labute approximate surface area is 86.1 Å². The van der Waals surface area contributed by atoms with Crippen molar-refractivity contribution in [2.24, 2.45) is 0 Å². The molecule has 1 heterocycles. The highest BCUT2D eigenvalue weighted by atomic mass is 16.2. The maximum atomic E-state index is 11.2. The summed E-state index contributed by atoms with van der Waals surface area (Å²) < 4.78 is 0. The van der Waals surface area contributed by atoms with Crippen molar-refractivity contribution in [3.8, 4) is 0 Å². The van der Waals surface area contributed by atoms with Gasteiger partial charge >= 0.3 is 0 Å². The van der Waals surface area contributed by atoms with Gasteiger partial charge in [-0.15, -0.1) is 0 Å². The summed E-state index contributed by atoms with van der Waals surface area (Å²) in [7, 11) is 0. The van der Waals surface area contributed by atoms with Gasteiger partial charge in [0, 0.05) is 17.8 Å². The molecule has 2 amide bonds. The molecule has 3 N–H and O–H groups in total. The van der Waals surface area contributed by atoms with Gasteiger partial charge in [-0.25, -0.2) is 0 Å². The fourth-order valence-electron chi connectivity index (χ4n) is 1.20. The van der Waals surface area contributed by atoms with Crippen LogP contribution >= 0.6 is 0 Å². The molecule has 76 valence electrons. The Morgan fingerprint density at radius 3 is 2.07 bits per heavy atom. The third-order valence-electron chi connectivity index (χ3n) is 1.96. The van der Waals surface area contributed by atoms with Gasteiger partial charge < -0.3 is 5.73 Å². The predicted octanol–water partition coefficient (Wildman–Crippen LogP) is 0.521. The molecule has 2 rings (SSSR count). The highest BCUT2D eigenvalue weighted by molar-refractivity contribution is 6.13. The zero-order valence-electron chi connectivity index (χ0n) is 7.81. The van der Waals surface area contributed by atoms with E-state index >= 15 is 0 Å². The normalized spacial score (nSPS) is 14.8. The largest absolute Gasteiger partial charge is 0.399 e. The zero-order valence-corrected chi connectivity index (χ0v) is 7.81. The van der Waals surface area contributed by atoms with E-state index in [9.17, 15) is 9.59 Å². The maximum absolute atomic E-state index is 11.2. The van der Waals surface area contributed by atoms with Crippen LogP contribution in [-0.2, 0) is 9.59 Å². The molecular formula is C10H9N3O2. The van der Waals surface area contributed by atoms with E-state index in [1.165, 1.54) is 12.2 Å². The van der Waals surface area contributed by atoms with Gasteiger partial charge in [0.2, 0.25) is 0 Å². The van der Waals surface area contributed by atoms with Crippen molar-refractivity contribution < 1.29 is 9.59 Å². The lowest BCUT2D eigenvalue weighted by Crippen LogP contribution is -2.35. The fraction of sp³-hybridized carbons (Fsp3) is 0. The number of hydrogen-bond donors (Lipinski definition) is 2. The number of carbonyl (C=O) groups excluding carboxylic acids is 2. The average Bonchev–Trinajstić information content (AvgIpc) is 2.53. The Bertz CT molecular complexity index is 418. The van der Waals surface area contributed by atoms with Crippen LogP contribution < -0.4 is 11.2 Å². The first kappa shape index (κ1) is 9.26. The number of nitrogens with two attached hydrogens (primary N) is 1. The summed E-state index contributed by atoms with van der Waals surface area (Å²) in [6, 6.07) is 6.74. The number of rotatable bonds is 2. The van der Waals surface area contributed by atoms with Gasteiger partial charge in [0.05, 0.1) is 5.69 Å². The molecule has 0 fully saturated rings. The molecule has 15 heavy (non-hydrogen) atoms. The highest BCUT2D eigenvalue weighted by Crippen LogP contribution is 2.13. The first-order valence-electron chi connectivity index (χ1n) is 4.35. The van der Waals surface area contributed by atoms with E-state index in [-0.39, 0.29) is 11.8 Å². The zero-order chi connectivity index (χ0) is 10.8. The second kappa shape index (κ2) is 3.45. The van der Waals surface area contributed by atoms with Gasteiger partial charge in [0.1, 0.15) is 0 Å². The SMILES string of the molecule is Nc1ccc(NN2C(=O)C=CC2=O)cc1. The molecule has 0 unspecified atom stereocenters. The predicted molar refractivity (Wildman–Crippen MR) is 55.5 cm³/mol. The average molecular weight is 203 g/mol. The number of anilines is 2. The summed E-state index contributed by atoms with van der Waals surface area (Å²) in [5.74, 6) is -0.756. The van der Waals surface area contributed by atoms with Gasteiger partial charge in [-0.2, -0.15) is 5.01 Å². The molecule has 0 radical (unpaired) electrons. The lowest BCUT2D eigenvalue weighted by Gasteiger charge is -2.16. The molecule has 0 spiro atoms. The molecule has 0 bridgehead atoms. The van der Waals surface area contributed by atoms with E-state index in [1.54, 1.807) is 24.3 Å². The first-order valence-corrected chi connectivity index (χ1v) is 4.35. The topological polar surface area (TPSA) is 75.4 Å². The molecule has 0 atom stereocenters. The quantitative estimate of drug-likeness (QED) is 0.542. The number of amides is 2. The van der Waals surface area contributed by atoms with E-state index in [4.69, 9.17) is 5.73 Å². The monoisotopic (exact) mass is 203 g/mol. The number of imide groups is 1. The van der Waals surface area contributed by atoms with Gasteiger partial charge in [0.25, 0.3) is 11.8 Å². The van der Waals surface area contributed by atoms with Crippen LogP contribution in [0.1, 0.15) is 0 Å². The van der Waals surface area contributed by atoms with E-state index in [0.29, 0.717) is 11.4 Å². The molecule has 0 saturated heterocycles. The number of carbonyl (C=O) groups is 2. The molecule has 1 aliphatic rings. The van der Waals surface area contributed by atoms with Crippen LogP contribution in [0.3, 0.4) is 0 Å². The smallest absolute Gasteiger partial charge is 0.272 e. The Kier molecular flexibility index (Phi) is 2.13. The van der Waals surface area contributed by atoms with Gasteiger partial charge in [-0.05, 0) is 24.3 Å². The maximum Gasteiger partial charge on any atom is 0.272 e. The summed E-state index contributed by atoms with van der Waals surface area (Å²) >= 11 is 0. The Hall–Kier alpha value is -2.30. The molecular weight excluding hydrogens is 194 g/mol. The van der Waals surface area contributed by atoms with Gasteiger partial charge in [-0.3, -0.25) is 15.0 Å². The van der Waals surface area contributed by atoms with Crippen molar-refractivity contribution in [1.82, 2.24) is 5.01 Å². The van der Waals surface area contributed by atoms with Crippen LogP contribution in [0.2, 0.25) is 0 Å². The van der Waals surface area contributed by atoms with Crippen molar-refractivity contribution in [3.63, 3.8) is 0 Å². The summed E-state index contributed by atoms with van der Waals surface area (Å²) in [6.07, 6.45) is 2.43. The molecule has 0 saturated carbocycles. The highest BCUT2D eigenvalue weighted by Gasteiger charge is 2.23. The molecule has 5 nitrogen and oxygen atoms in total. The van der Waals surface area contributed by atoms with Crippen molar-refractivity contribution >= 4 is 23.2 Å². The van der Waals surface area contributed by atoms with E-state index in [0.717, 1.165) is 5.01 Å². The molecule has 1 aromatic rings. The summed E-state index contributed by atoms with van der Waals surface area (Å²) in [5.41, 5.74) is 9.44. The van der Waals surface area contributed by atoms with Crippen LogP contribution in [0.4, 0.5) is 11.4 Å². The lowest BCUT2D eigenvalue weighted by molar-refractivity contribution is -0.135. The van der Waals surface area contributed by atoms with Gasteiger partial charge in [-0.1, -0.05) is 0 Å². The van der Waals surface area contributed by atoms with Crippen LogP contribution in [0.5, 0.6) is 0 Å². The first-order chi connectivity index (χ1) is 7.16. The van der Waals surface area contributed by atoms with Crippen LogP contribution in [0.15, 0.2) is 36.4 Å². The minimum atomic E-state index is -0.378. The van der Waals surface area contributed by atoms with Gasteiger partial charge in [0.15, 0.2) is 0 Å². The number of hydrazine groups is 1. The van der Waals surface area contributed by atoms with Crippen molar-refractivity contribution in [2.45, 2.75) is 0 Å². The summed E-state index contributed by atoms with van der Waals surface area (Å²) in [4.78, 5) is 22.4. The van der Waals surface area contributed by atoms with Crippen LogP contribution in [0, 0.1) is 0 Å². The Morgan fingerprint density at radius 1 is 1.00 bits per heavy atom. The third kappa shape index (κ3) is 1.80. The molecule has 1 aliphatic heterocycles. The second-order valence-electron chi connectivity index (χ2n) is 3.08. The van der Waals surface area contributed by atoms with E-state index in [2.05, 4.69) is 5.43 Å². The minimum absolute atomic E-state index is 0.378. The number of nitrogens with one attached hydrogen (secondary N) is 1. The van der Waals surface area contributed by atoms with Crippen LogP contribution in [0.25, 0.3) is 0 Å². The molecule has 1 aromatic carbocycles. The fourth-order valence-corrected chi connectivity index (χ4v) is 1.20. The van der Waals surface area contributed by atoms with Crippen molar-refractivity contribution in [2.75, 3.05) is 11.2 Å². The number of hydrogen-bond acceptors (Lipinski definition) is 4. The second-order valence-corrected chi connectivity index (χ2v) is 3.08. The Morgan fingerprint density at radius 2 is 1.53 bits per heavy atom. The number of nitrogens with zero attached hydrogens (tertiary/aromatic N) is 1. The number of benzene rings is 1. The molecule has 0 aliphatic carbocycles. The van der Waals surface area contributed by atoms with Crippen molar-refractivity contribution in [1.29, 1.82) is 0 Å². The Balaban J connectivity index is 2.12. The van der Waals surface area contributed by atoms with E-state index < -0.39 is 0 Å². The summed E-state index contributed by atoms with van der Waals surface area (Å²) in [5, 5.41) is 0.936.